The lowest BCUT2D eigenvalue weighted by Crippen LogP contribution is -2.25. The average molecular weight is 362 g/mol. The number of rotatable bonds is 5. The van der Waals surface area contributed by atoms with E-state index in [2.05, 4.69) is 27.4 Å². The van der Waals surface area contributed by atoms with Gasteiger partial charge in [-0.1, -0.05) is 23.7 Å². The molecule has 0 unspecified atom stereocenters. The number of hydrogen-bond acceptors (Lipinski definition) is 5. The molecule has 0 amide bonds. The predicted molar refractivity (Wildman–Crippen MR) is 99.8 cm³/mol. The highest BCUT2D eigenvalue weighted by molar-refractivity contribution is 6.29. The molecule has 0 bridgehead atoms. The summed E-state index contributed by atoms with van der Waals surface area (Å²) in [5, 5.41) is 3.62. The minimum absolute atomic E-state index is 0.208. The second-order valence-corrected chi connectivity index (χ2v) is 7.44. The molecule has 2 aromatic rings. The Bertz CT molecular complexity index is 746. The number of benzene rings is 1. The van der Waals surface area contributed by atoms with Gasteiger partial charge in [-0.05, 0) is 56.9 Å². The highest BCUT2D eigenvalue weighted by Crippen LogP contribution is 2.20. The molecule has 0 aliphatic carbocycles. The van der Waals surface area contributed by atoms with E-state index in [1.807, 2.05) is 34.6 Å². The zero-order chi connectivity index (χ0) is 18.6. The highest BCUT2D eigenvalue weighted by Gasteiger charge is 2.18. The summed E-state index contributed by atoms with van der Waals surface area (Å²) in [6, 6.07) is 5.82. The number of carbonyl (C=O) groups is 1. The van der Waals surface area contributed by atoms with E-state index in [0.29, 0.717) is 17.5 Å². The van der Waals surface area contributed by atoms with E-state index in [-0.39, 0.29) is 12.4 Å². The minimum atomic E-state index is -0.471. The summed E-state index contributed by atoms with van der Waals surface area (Å²) in [6.07, 6.45) is 1.70. The SMILES string of the molecule is Cc1cc(CNc2cc(Cl)ncn2)cc(C)c1CC(=O)OC(C)(C)C. The summed E-state index contributed by atoms with van der Waals surface area (Å²) in [5.74, 6) is 0.466. The molecular formula is C19H24ClN3O2. The topological polar surface area (TPSA) is 64.1 Å². The molecule has 0 fully saturated rings. The van der Waals surface area contributed by atoms with Gasteiger partial charge in [0.05, 0.1) is 6.42 Å². The summed E-state index contributed by atoms with van der Waals surface area (Å²) in [6.45, 7) is 10.3. The van der Waals surface area contributed by atoms with Crippen molar-refractivity contribution in [2.45, 2.75) is 53.2 Å². The number of ether oxygens (including phenoxy) is 1. The number of halogens is 1. The lowest BCUT2D eigenvalue weighted by molar-refractivity contribution is -0.153. The number of aryl methyl sites for hydroxylation is 2. The standard InChI is InChI=1S/C19H24ClN3O2/c1-12-6-14(10-21-17-9-16(20)22-11-23-17)7-13(2)15(12)8-18(24)25-19(3,4)5/h6-7,9,11H,8,10H2,1-5H3,(H,21,22,23). The normalized spacial score (nSPS) is 11.3. The van der Waals surface area contributed by atoms with Crippen LogP contribution >= 0.6 is 11.6 Å². The van der Waals surface area contributed by atoms with E-state index in [1.165, 1.54) is 6.33 Å². The molecule has 0 aliphatic heterocycles. The summed E-state index contributed by atoms with van der Waals surface area (Å²) in [7, 11) is 0. The maximum Gasteiger partial charge on any atom is 0.310 e. The van der Waals surface area contributed by atoms with E-state index < -0.39 is 5.60 Å². The van der Waals surface area contributed by atoms with Gasteiger partial charge in [0.1, 0.15) is 22.9 Å². The Labute approximate surface area is 153 Å². The highest BCUT2D eigenvalue weighted by atomic mass is 35.5. The molecule has 1 heterocycles. The fraction of sp³-hybridized carbons (Fsp3) is 0.421. The molecule has 0 atom stereocenters. The van der Waals surface area contributed by atoms with Crippen LogP contribution in [0.1, 0.15) is 43.0 Å². The second-order valence-electron chi connectivity index (χ2n) is 7.05. The summed E-state index contributed by atoms with van der Waals surface area (Å²) in [5.41, 5.74) is 3.80. The smallest absolute Gasteiger partial charge is 0.310 e. The Kier molecular flexibility index (Phi) is 6.01. The van der Waals surface area contributed by atoms with Gasteiger partial charge in [-0.25, -0.2) is 9.97 Å². The fourth-order valence-electron chi connectivity index (χ4n) is 2.61. The molecule has 134 valence electrons. The Morgan fingerprint density at radius 3 is 2.36 bits per heavy atom. The van der Waals surface area contributed by atoms with Crippen molar-refractivity contribution in [1.29, 1.82) is 0 Å². The van der Waals surface area contributed by atoms with Gasteiger partial charge in [0.25, 0.3) is 0 Å². The van der Waals surface area contributed by atoms with Gasteiger partial charge in [0.2, 0.25) is 0 Å². The van der Waals surface area contributed by atoms with Gasteiger partial charge in [0.15, 0.2) is 0 Å². The van der Waals surface area contributed by atoms with Crippen LogP contribution in [0.5, 0.6) is 0 Å². The molecule has 0 aliphatic rings. The molecule has 1 aromatic carbocycles. The molecule has 5 nitrogen and oxygen atoms in total. The van der Waals surface area contributed by atoms with E-state index in [1.54, 1.807) is 6.07 Å². The number of esters is 1. The van der Waals surface area contributed by atoms with Crippen molar-refractivity contribution >= 4 is 23.4 Å². The third-order valence-electron chi connectivity index (χ3n) is 3.60. The largest absolute Gasteiger partial charge is 0.460 e. The first kappa shape index (κ1) is 19.2. The molecule has 0 saturated heterocycles. The van der Waals surface area contributed by atoms with E-state index in [4.69, 9.17) is 16.3 Å². The zero-order valence-corrected chi connectivity index (χ0v) is 16.1. The number of hydrogen-bond donors (Lipinski definition) is 1. The molecule has 0 saturated carbocycles. The number of nitrogens with one attached hydrogen (secondary N) is 1. The molecule has 1 aromatic heterocycles. The minimum Gasteiger partial charge on any atom is -0.460 e. The third kappa shape index (κ3) is 6.02. The number of nitrogens with zero attached hydrogens (tertiary/aromatic N) is 2. The van der Waals surface area contributed by atoms with Crippen LogP contribution in [0.2, 0.25) is 5.15 Å². The van der Waals surface area contributed by atoms with Crippen molar-refractivity contribution in [1.82, 2.24) is 9.97 Å². The third-order valence-corrected chi connectivity index (χ3v) is 3.81. The van der Waals surface area contributed by atoms with Crippen LogP contribution in [0.3, 0.4) is 0 Å². The Morgan fingerprint density at radius 2 is 1.80 bits per heavy atom. The van der Waals surface area contributed by atoms with Crippen molar-refractivity contribution in [2.24, 2.45) is 0 Å². The van der Waals surface area contributed by atoms with Crippen molar-refractivity contribution in [2.75, 3.05) is 5.32 Å². The van der Waals surface area contributed by atoms with Gasteiger partial charge >= 0.3 is 5.97 Å². The zero-order valence-electron chi connectivity index (χ0n) is 15.3. The van der Waals surface area contributed by atoms with Gasteiger partial charge in [-0.15, -0.1) is 0 Å². The quantitative estimate of drug-likeness (QED) is 0.637. The van der Waals surface area contributed by atoms with Crippen molar-refractivity contribution in [3.05, 3.63) is 51.9 Å². The maximum absolute atomic E-state index is 12.1. The second kappa shape index (κ2) is 7.83. The van der Waals surface area contributed by atoms with E-state index in [9.17, 15) is 4.79 Å². The van der Waals surface area contributed by atoms with Crippen molar-refractivity contribution in [3.8, 4) is 0 Å². The van der Waals surface area contributed by atoms with Crippen LogP contribution in [0.4, 0.5) is 5.82 Å². The van der Waals surface area contributed by atoms with Crippen LogP contribution in [0.25, 0.3) is 0 Å². The molecular weight excluding hydrogens is 338 g/mol. The predicted octanol–water partition coefficient (Wildman–Crippen LogP) is 4.24. The van der Waals surface area contributed by atoms with Crippen molar-refractivity contribution in [3.63, 3.8) is 0 Å². The van der Waals surface area contributed by atoms with E-state index in [0.717, 1.165) is 22.3 Å². The van der Waals surface area contributed by atoms with Crippen molar-refractivity contribution < 1.29 is 9.53 Å². The van der Waals surface area contributed by atoms with Gasteiger partial charge in [-0.3, -0.25) is 4.79 Å². The lowest BCUT2D eigenvalue weighted by atomic mass is 9.97. The monoisotopic (exact) mass is 361 g/mol. The lowest BCUT2D eigenvalue weighted by Gasteiger charge is -2.20. The number of anilines is 1. The molecule has 6 heteroatoms. The summed E-state index contributed by atoms with van der Waals surface area (Å²) < 4.78 is 5.42. The Morgan fingerprint density at radius 1 is 1.16 bits per heavy atom. The van der Waals surface area contributed by atoms with Crippen LogP contribution in [-0.2, 0) is 22.5 Å². The maximum atomic E-state index is 12.1. The Balaban J connectivity index is 2.07. The molecule has 0 spiro atoms. The first-order chi connectivity index (χ1) is 11.6. The molecule has 0 radical (unpaired) electrons. The van der Waals surface area contributed by atoms with Gasteiger partial charge in [-0.2, -0.15) is 0 Å². The van der Waals surface area contributed by atoms with E-state index >= 15 is 0 Å². The average Bonchev–Trinajstić information content (AvgIpc) is 2.47. The first-order valence-corrected chi connectivity index (χ1v) is 8.54. The molecule has 25 heavy (non-hydrogen) atoms. The summed E-state index contributed by atoms with van der Waals surface area (Å²) in [4.78, 5) is 20.1. The van der Waals surface area contributed by atoms with Crippen LogP contribution in [-0.4, -0.2) is 21.5 Å². The van der Waals surface area contributed by atoms with Gasteiger partial charge < -0.3 is 10.1 Å². The van der Waals surface area contributed by atoms with Crippen LogP contribution < -0.4 is 5.32 Å². The number of carbonyl (C=O) groups excluding carboxylic acids is 1. The summed E-state index contributed by atoms with van der Waals surface area (Å²) >= 11 is 5.86. The molecule has 2 rings (SSSR count). The fourth-order valence-corrected chi connectivity index (χ4v) is 2.76. The molecule has 1 N–H and O–H groups in total. The number of aromatic nitrogens is 2. The first-order valence-electron chi connectivity index (χ1n) is 8.16. The van der Waals surface area contributed by atoms with Crippen LogP contribution in [0, 0.1) is 13.8 Å². The Hall–Kier alpha value is -2.14. The van der Waals surface area contributed by atoms with Crippen LogP contribution in [0.15, 0.2) is 24.5 Å². The van der Waals surface area contributed by atoms with Gasteiger partial charge in [0, 0.05) is 12.6 Å².